The number of nitrogens with one attached hydrogen (secondary N) is 1. The molecule has 32 heavy (non-hydrogen) atoms. The van der Waals surface area contributed by atoms with Crippen LogP contribution in [-0.2, 0) is 4.74 Å². The van der Waals surface area contributed by atoms with E-state index in [2.05, 4.69) is 9.98 Å². The Labute approximate surface area is 182 Å². The number of rotatable bonds is 5. The predicted octanol–water partition coefficient (Wildman–Crippen LogP) is 1.46. The fourth-order valence-electron chi connectivity index (χ4n) is 4.03. The Morgan fingerprint density at radius 3 is 2.78 bits per heavy atom. The highest BCUT2D eigenvalue weighted by molar-refractivity contribution is 6.00. The quantitative estimate of drug-likeness (QED) is 0.597. The number of alkyl halides is 2. The number of aliphatic imine (C=N–C) groups is 1. The minimum atomic E-state index is -3.69. The number of anilines is 1. The minimum Gasteiger partial charge on any atom is -0.384 e. The number of likely N-dealkylation sites (tertiary alicyclic amines) is 1. The van der Waals surface area contributed by atoms with E-state index in [1.54, 1.807) is 0 Å². The molecule has 170 valence electrons. The smallest absolute Gasteiger partial charge is 0.351 e. The molecule has 4 N–H and O–H groups in total. The first kappa shape index (κ1) is 22.2. The molecule has 4 rings (SSSR count). The van der Waals surface area contributed by atoms with Gasteiger partial charge in [-0.05, 0) is 24.6 Å². The average molecular weight is 446 g/mol. The van der Waals surface area contributed by atoms with Crippen LogP contribution in [0.25, 0.3) is 0 Å². The number of halogens is 2. The summed E-state index contributed by atoms with van der Waals surface area (Å²) in [6.45, 7) is 0.928. The third kappa shape index (κ3) is 4.31. The van der Waals surface area contributed by atoms with Crippen molar-refractivity contribution in [2.24, 2.45) is 10.9 Å². The number of nitrogen functional groups attached to an aromatic ring is 1. The summed E-state index contributed by atoms with van der Waals surface area (Å²) < 4.78 is 35.6. The molecular formula is C21H24F2N6O3. The Morgan fingerprint density at radius 1 is 1.34 bits per heavy atom. The van der Waals surface area contributed by atoms with Gasteiger partial charge in [0.15, 0.2) is 0 Å². The standard InChI is InChI=1S/C21H24F2N6O3/c22-21(23)18(30)16(32-19(21)29-9-7-17(25)27-20(29)31)12-28-8-6-15(13(10-24)11-28)26-14-4-2-1-3-5-14/h1-5,7,9-10,13,16,18-19,24,30H,6,8,11-12H2,(H2,25,27,31)/t13?,16-,18-,19-/m1/s1. The van der Waals surface area contributed by atoms with Crippen LogP contribution in [0.5, 0.6) is 0 Å². The van der Waals surface area contributed by atoms with Gasteiger partial charge in [-0.3, -0.25) is 14.5 Å². The third-order valence-corrected chi connectivity index (χ3v) is 5.72. The van der Waals surface area contributed by atoms with Gasteiger partial charge < -0.3 is 21.0 Å². The highest BCUT2D eigenvalue weighted by atomic mass is 19.3. The maximum Gasteiger partial charge on any atom is 0.351 e. The Morgan fingerprint density at radius 2 is 2.09 bits per heavy atom. The number of hydrogen-bond acceptors (Lipinski definition) is 8. The maximum absolute atomic E-state index is 14.8. The molecule has 3 heterocycles. The molecule has 2 saturated heterocycles. The summed E-state index contributed by atoms with van der Waals surface area (Å²) in [6.07, 6.45) is -2.39. The van der Waals surface area contributed by atoms with Crippen molar-refractivity contribution in [2.75, 3.05) is 25.4 Å². The molecule has 9 nitrogen and oxygen atoms in total. The summed E-state index contributed by atoms with van der Waals surface area (Å²) in [5.74, 6) is -4.06. The molecule has 0 radical (unpaired) electrons. The number of nitrogens with two attached hydrogens (primary N) is 1. The van der Waals surface area contributed by atoms with Gasteiger partial charge in [0.05, 0.1) is 5.69 Å². The highest BCUT2D eigenvalue weighted by Gasteiger charge is 2.59. The molecule has 0 spiro atoms. The molecule has 0 saturated carbocycles. The third-order valence-electron chi connectivity index (χ3n) is 5.72. The number of nitrogens with zero attached hydrogens (tertiary/aromatic N) is 4. The van der Waals surface area contributed by atoms with E-state index in [9.17, 15) is 18.7 Å². The maximum atomic E-state index is 14.8. The van der Waals surface area contributed by atoms with E-state index in [0.717, 1.165) is 17.6 Å². The lowest BCUT2D eigenvalue weighted by Gasteiger charge is -2.34. The molecule has 0 amide bonds. The zero-order valence-electron chi connectivity index (χ0n) is 17.1. The van der Waals surface area contributed by atoms with Crippen molar-refractivity contribution in [3.05, 3.63) is 53.1 Å². The van der Waals surface area contributed by atoms with Gasteiger partial charge in [-0.2, -0.15) is 13.8 Å². The van der Waals surface area contributed by atoms with Crippen LogP contribution in [0.4, 0.5) is 20.3 Å². The van der Waals surface area contributed by atoms with Crippen molar-refractivity contribution in [1.29, 1.82) is 5.41 Å². The number of aliphatic hydroxyl groups is 1. The van der Waals surface area contributed by atoms with E-state index >= 15 is 0 Å². The summed E-state index contributed by atoms with van der Waals surface area (Å²) in [6, 6.07) is 10.6. The van der Waals surface area contributed by atoms with Crippen molar-refractivity contribution in [2.45, 2.75) is 30.8 Å². The van der Waals surface area contributed by atoms with Gasteiger partial charge in [-0.15, -0.1) is 0 Å². The van der Waals surface area contributed by atoms with Crippen molar-refractivity contribution in [3.63, 3.8) is 0 Å². The summed E-state index contributed by atoms with van der Waals surface area (Å²) in [4.78, 5) is 22.0. The molecule has 1 aromatic carbocycles. The van der Waals surface area contributed by atoms with Crippen molar-refractivity contribution in [3.8, 4) is 0 Å². The van der Waals surface area contributed by atoms with E-state index in [0.29, 0.717) is 24.1 Å². The van der Waals surface area contributed by atoms with Crippen LogP contribution in [0.15, 0.2) is 52.4 Å². The van der Waals surface area contributed by atoms with Crippen LogP contribution in [0, 0.1) is 11.3 Å². The van der Waals surface area contributed by atoms with Gasteiger partial charge in [-0.25, -0.2) is 4.79 Å². The van der Waals surface area contributed by atoms with E-state index in [-0.39, 0.29) is 18.3 Å². The van der Waals surface area contributed by atoms with E-state index in [1.807, 2.05) is 35.2 Å². The molecule has 2 aliphatic rings. The normalized spacial score (nSPS) is 29.3. The first-order valence-electron chi connectivity index (χ1n) is 10.2. The number of aromatic nitrogens is 2. The minimum absolute atomic E-state index is 0.0212. The average Bonchev–Trinajstić information content (AvgIpc) is 2.99. The van der Waals surface area contributed by atoms with Gasteiger partial charge >= 0.3 is 11.6 Å². The van der Waals surface area contributed by atoms with Gasteiger partial charge in [0, 0.05) is 43.7 Å². The van der Waals surface area contributed by atoms with Gasteiger partial charge in [0.25, 0.3) is 0 Å². The number of aliphatic hydroxyl groups excluding tert-OH is 1. The molecule has 0 bridgehead atoms. The zero-order chi connectivity index (χ0) is 22.9. The molecule has 0 aliphatic carbocycles. The monoisotopic (exact) mass is 446 g/mol. The SMILES string of the molecule is N=CC1CN(C[C@H]2O[C@@H](n3ccc(N)nc3=O)C(F)(F)[C@@H]2O)CCC1=Nc1ccccc1. The lowest BCUT2D eigenvalue weighted by atomic mass is 9.95. The van der Waals surface area contributed by atoms with Crippen LogP contribution in [0.3, 0.4) is 0 Å². The first-order chi connectivity index (χ1) is 15.3. The second-order valence-corrected chi connectivity index (χ2v) is 7.91. The number of ether oxygens (including phenoxy) is 1. The number of piperidine rings is 1. The molecule has 4 atom stereocenters. The van der Waals surface area contributed by atoms with Crippen LogP contribution in [0.2, 0.25) is 0 Å². The van der Waals surface area contributed by atoms with E-state index in [4.69, 9.17) is 15.9 Å². The molecule has 11 heteroatoms. The van der Waals surface area contributed by atoms with Crippen LogP contribution in [-0.4, -0.2) is 69.2 Å². The van der Waals surface area contributed by atoms with Gasteiger partial charge in [0.1, 0.15) is 18.0 Å². The van der Waals surface area contributed by atoms with Gasteiger partial charge in [-0.1, -0.05) is 18.2 Å². The Hall–Kier alpha value is -3.02. The van der Waals surface area contributed by atoms with E-state index in [1.165, 1.54) is 12.3 Å². The first-order valence-corrected chi connectivity index (χ1v) is 10.2. The molecular weight excluding hydrogens is 422 g/mol. The van der Waals surface area contributed by atoms with Crippen LogP contribution < -0.4 is 11.4 Å². The second kappa shape index (κ2) is 8.85. The largest absolute Gasteiger partial charge is 0.384 e. The summed E-state index contributed by atoms with van der Waals surface area (Å²) in [5.41, 5.74) is 6.08. The molecule has 2 aliphatic heterocycles. The molecule has 1 aromatic heterocycles. The van der Waals surface area contributed by atoms with E-state index < -0.39 is 30.0 Å². The highest BCUT2D eigenvalue weighted by Crippen LogP contribution is 2.42. The summed E-state index contributed by atoms with van der Waals surface area (Å²) >= 11 is 0. The fourth-order valence-corrected chi connectivity index (χ4v) is 4.03. The Bertz CT molecular complexity index is 1060. The van der Waals surface area contributed by atoms with Crippen molar-refractivity contribution < 1.29 is 18.6 Å². The molecule has 2 fully saturated rings. The summed E-state index contributed by atoms with van der Waals surface area (Å²) in [5, 5.41) is 18.0. The Balaban J connectivity index is 1.47. The number of benzene rings is 1. The second-order valence-electron chi connectivity index (χ2n) is 7.91. The lowest BCUT2D eigenvalue weighted by molar-refractivity contribution is -0.140. The number of hydrogen-bond donors (Lipinski definition) is 3. The Kier molecular flexibility index (Phi) is 6.13. The topological polar surface area (TPSA) is 130 Å². The number of para-hydroxylation sites is 1. The lowest BCUT2D eigenvalue weighted by Crippen LogP contribution is -2.48. The van der Waals surface area contributed by atoms with Crippen LogP contribution >= 0.6 is 0 Å². The zero-order valence-corrected chi connectivity index (χ0v) is 17.1. The summed E-state index contributed by atoms with van der Waals surface area (Å²) in [7, 11) is 0. The molecule has 1 unspecified atom stereocenters. The molecule has 2 aromatic rings. The van der Waals surface area contributed by atoms with Gasteiger partial charge in [0.2, 0.25) is 6.23 Å². The van der Waals surface area contributed by atoms with Crippen molar-refractivity contribution in [1.82, 2.24) is 14.5 Å². The van der Waals surface area contributed by atoms with Crippen molar-refractivity contribution >= 4 is 23.4 Å². The fraction of sp³-hybridized carbons (Fsp3) is 0.429. The predicted molar refractivity (Wildman–Crippen MR) is 115 cm³/mol. The van der Waals surface area contributed by atoms with Crippen LogP contribution in [0.1, 0.15) is 12.6 Å².